The monoisotopic (exact) mass is 398 g/mol. The summed E-state index contributed by atoms with van der Waals surface area (Å²) in [6.45, 7) is 0.564. The maximum atomic E-state index is 12.6. The molecule has 2 N–H and O–H groups in total. The first kappa shape index (κ1) is 18.1. The van der Waals surface area contributed by atoms with Gasteiger partial charge in [-0.15, -0.1) is 0 Å². The van der Waals surface area contributed by atoms with Crippen LogP contribution in [0.5, 0.6) is 0 Å². The lowest BCUT2D eigenvalue weighted by molar-refractivity contribution is 0.0951. The van der Waals surface area contributed by atoms with E-state index in [1.165, 1.54) is 10.6 Å². The molecule has 1 amide bonds. The quantitative estimate of drug-likeness (QED) is 0.662. The summed E-state index contributed by atoms with van der Waals surface area (Å²) in [5.41, 5.74) is 2.60. The zero-order valence-corrected chi connectivity index (χ0v) is 15.8. The van der Waals surface area contributed by atoms with E-state index in [2.05, 4.69) is 25.5 Å². The molecule has 1 atom stereocenters. The Hall–Kier alpha value is -3.27. The second-order valence-corrected chi connectivity index (χ2v) is 8.44. The van der Waals surface area contributed by atoms with E-state index in [1.54, 1.807) is 36.7 Å². The van der Waals surface area contributed by atoms with Crippen LogP contribution in [0.15, 0.2) is 49.1 Å². The number of benzene rings is 1. The number of aromatic nitrogens is 4. The molecule has 0 spiro atoms. The number of fused-ring (bicyclic) bond motifs is 1. The summed E-state index contributed by atoms with van der Waals surface area (Å²) in [6.07, 6.45) is 5.90. The number of amides is 1. The highest BCUT2D eigenvalue weighted by Crippen LogP contribution is 2.40. The minimum absolute atomic E-state index is 0.212. The average molecular weight is 398 g/mol. The molecule has 1 aliphatic heterocycles. The fraction of sp³-hybridized carbons (Fsp3) is 0.222. The Labute approximate surface area is 161 Å². The highest BCUT2D eigenvalue weighted by Gasteiger charge is 2.36. The van der Waals surface area contributed by atoms with Gasteiger partial charge in [-0.25, -0.2) is 13.4 Å². The van der Waals surface area contributed by atoms with Gasteiger partial charge in [0.2, 0.25) is 10.0 Å². The topological polar surface area (TPSA) is 121 Å². The van der Waals surface area contributed by atoms with E-state index in [4.69, 9.17) is 0 Å². The normalized spacial score (nSPS) is 16.0. The van der Waals surface area contributed by atoms with Gasteiger partial charge in [0.05, 0.1) is 17.9 Å². The molecule has 3 aromatic rings. The van der Waals surface area contributed by atoms with Crippen molar-refractivity contribution in [3.8, 4) is 0 Å². The van der Waals surface area contributed by atoms with E-state index in [1.807, 2.05) is 6.07 Å². The second kappa shape index (κ2) is 7.04. The molecule has 0 radical (unpaired) electrons. The molecule has 0 unspecified atom stereocenters. The van der Waals surface area contributed by atoms with Crippen LogP contribution in [0.2, 0.25) is 0 Å². The second-order valence-electron chi connectivity index (χ2n) is 6.53. The Morgan fingerprint density at radius 2 is 2.21 bits per heavy atom. The highest BCUT2D eigenvalue weighted by molar-refractivity contribution is 7.92. The summed E-state index contributed by atoms with van der Waals surface area (Å²) < 4.78 is 25.7. The molecular weight excluding hydrogens is 380 g/mol. The molecule has 28 heavy (non-hydrogen) atoms. The lowest BCUT2D eigenvalue weighted by Gasteiger charge is -2.16. The molecule has 9 nitrogen and oxygen atoms in total. The molecule has 2 aromatic heterocycles. The van der Waals surface area contributed by atoms with Crippen molar-refractivity contribution in [2.45, 2.75) is 12.5 Å². The molecule has 0 aliphatic carbocycles. The molecule has 144 valence electrons. The van der Waals surface area contributed by atoms with Crippen LogP contribution in [0.4, 0.5) is 5.69 Å². The summed E-state index contributed by atoms with van der Waals surface area (Å²) in [4.78, 5) is 20.8. The molecule has 0 saturated heterocycles. The number of nitrogens with one attached hydrogen (secondary N) is 2. The van der Waals surface area contributed by atoms with Gasteiger partial charge in [-0.1, -0.05) is 6.07 Å². The van der Waals surface area contributed by atoms with Crippen molar-refractivity contribution < 1.29 is 13.2 Å². The first-order valence-electron chi connectivity index (χ1n) is 8.57. The van der Waals surface area contributed by atoms with Crippen LogP contribution in [0.1, 0.15) is 33.2 Å². The fourth-order valence-electron chi connectivity index (χ4n) is 3.28. The smallest absolute Gasteiger partial charge is 0.251 e. The lowest BCUT2D eigenvalue weighted by Crippen LogP contribution is -2.29. The third-order valence-corrected chi connectivity index (χ3v) is 5.77. The minimum Gasteiger partial charge on any atom is -0.348 e. The SMILES string of the molecule is CS(=O)(=O)N1C[C@@H](c2ncn[nH]2)c2cc(C(=O)NCc3cccnc3)ccc21. The maximum Gasteiger partial charge on any atom is 0.251 e. The van der Waals surface area contributed by atoms with Crippen molar-refractivity contribution in [3.05, 3.63) is 71.6 Å². The largest absolute Gasteiger partial charge is 0.348 e. The number of pyridine rings is 1. The molecule has 1 aliphatic rings. The minimum atomic E-state index is -3.46. The van der Waals surface area contributed by atoms with Crippen molar-refractivity contribution >= 4 is 21.6 Å². The van der Waals surface area contributed by atoms with Gasteiger partial charge in [0.15, 0.2) is 0 Å². The van der Waals surface area contributed by atoms with Gasteiger partial charge in [0.1, 0.15) is 12.2 Å². The van der Waals surface area contributed by atoms with Gasteiger partial charge in [-0.2, -0.15) is 5.10 Å². The fourth-order valence-corrected chi connectivity index (χ4v) is 4.23. The number of H-pyrrole nitrogens is 1. The van der Waals surface area contributed by atoms with Gasteiger partial charge in [0.25, 0.3) is 5.91 Å². The zero-order valence-electron chi connectivity index (χ0n) is 15.0. The van der Waals surface area contributed by atoms with Crippen molar-refractivity contribution in [1.29, 1.82) is 0 Å². The van der Waals surface area contributed by atoms with Crippen LogP contribution in [-0.2, 0) is 16.6 Å². The van der Waals surface area contributed by atoms with Crippen LogP contribution < -0.4 is 9.62 Å². The number of carbonyl (C=O) groups excluding carboxylic acids is 1. The number of sulfonamides is 1. The standard InChI is InChI=1S/C18H18N6O3S/c1-28(26,27)24-10-15(17-21-11-22-23-17)14-7-13(4-5-16(14)24)18(25)20-9-12-3-2-6-19-8-12/h2-8,11,15H,9-10H2,1H3,(H,20,25)(H,21,22,23)/t15-/m1/s1. The molecule has 4 rings (SSSR count). The maximum absolute atomic E-state index is 12.6. The number of aromatic amines is 1. The number of carbonyl (C=O) groups is 1. The summed E-state index contributed by atoms with van der Waals surface area (Å²) >= 11 is 0. The lowest BCUT2D eigenvalue weighted by atomic mass is 9.98. The first-order valence-corrected chi connectivity index (χ1v) is 10.4. The molecule has 1 aromatic carbocycles. The van der Waals surface area contributed by atoms with E-state index in [-0.39, 0.29) is 18.4 Å². The van der Waals surface area contributed by atoms with Crippen LogP contribution in [0, 0.1) is 0 Å². The predicted octanol–water partition coefficient (Wildman–Crippen LogP) is 1.04. The van der Waals surface area contributed by atoms with Crippen molar-refractivity contribution in [2.24, 2.45) is 0 Å². The number of hydrogen-bond donors (Lipinski definition) is 2. The Bertz CT molecular complexity index is 1100. The molecule has 10 heteroatoms. The van der Waals surface area contributed by atoms with E-state index < -0.39 is 10.0 Å². The number of rotatable bonds is 5. The van der Waals surface area contributed by atoms with Crippen LogP contribution in [0.25, 0.3) is 0 Å². The number of anilines is 1. The number of hydrogen-bond acceptors (Lipinski definition) is 6. The van der Waals surface area contributed by atoms with Gasteiger partial charge in [-0.3, -0.25) is 19.2 Å². The summed E-state index contributed by atoms with van der Waals surface area (Å²) in [6, 6.07) is 8.68. The Kier molecular flexibility index (Phi) is 4.55. The van der Waals surface area contributed by atoms with Crippen LogP contribution >= 0.6 is 0 Å². The van der Waals surface area contributed by atoms with Crippen LogP contribution in [-0.4, -0.2) is 47.3 Å². The summed E-state index contributed by atoms with van der Waals surface area (Å²) in [7, 11) is -3.46. The zero-order chi connectivity index (χ0) is 19.7. The van der Waals surface area contributed by atoms with E-state index in [0.29, 0.717) is 23.6 Å². The van der Waals surface area contributed by atoms with E-state index >= 15 is 0 Å². The van der Waals surface area contributed by atoms with Gasteiger partial charge < -0.3 is 5.32 Å². The number of nitrogens with zero attached hydrogens (tertiary/aromatic N) is 4. The predicted molar refractivity (Wildman–Crippen MR) is 102 cm³/mol. The van der Waals surface area contributed by atoms with Gasteiger partial charge in [0, 0.05) is 31.0 Å². The molecule has 3 heterocycles. The van der Waals surface area contributed by atoms with Crippen molar-refractivity contribution in [2.75, 3.05) is 17.1 Å². The molecule has 0 fully saturated rings. The first-order chi connectivity index (χ1) is 13.4. The highest BCUT2D eigenvalue weighted by atomic mass is 32.2. The third kappa shape index (κ3) is 3.46. The van der Waals surface area contributed by atoms with Crippen molar-refractivity contribution in [1.82, 2.24) is 25.5 Å². The molecule has 0 saturated carbocycles. The Morgan fingerprint density at radius 1 is 1.36 bits per heavy atom. The summed E-state index contributed by atoms with van der Waals surface area (Å²) in [5, 5.41) is 9.51. The average Bonchev–Trinajstić information content (AvgIpc) is 3.33. The van der Waals surface area contributed by atoms with Gasteiger partial charge >= 0.3 is 0 Å². The molecular formula is C18H18N6O3S. The van der Waals surface area contributed by atoms with Crippen molar-refractivity contribution in [3.63, 3.8) is 0 Å². The summed E-state index contributed by atoms with van der Waals surface area (Å²) in [5.74, 6) is -0.0144. The Balaban J connectivity index is 1.63. The van der Waals surface area contributed by atoms with E-state index in [0.717, 1.165) is 17.4 Å². The van der Waals surface area contributed by atoms with E-state index in [9.17, 15) is 13.2 Å². The Morgan fingerprint density at radius 3 is 2.89 bits per heavy atom. The third-order valence-electron chi connectivity index (χ3n) is 4.62. The molecule has 0 bridgehead atoms. The van der Waals surface area contributed by atoms with Crippen LogP contribution in [0.3, 0.4) is 0 Å². The van der Waals surface area contributed by atoms with Gasteiger partial charge in [-0.05, 0) is 35.4 Å².